The molecule has 1 aromatic carbocycles. The molecule has 0 spiro atoms. The molecule has 1 saturated heterocycles. The highest BCUT2D eigenvalue weighted by atomic mass is 16.6. The molecular formula is C29H31N3O8. The normalized spacial score (nSPS) is 20.4. The van der Waals surface area contributed by atoms with Crippen LogP contribution in [0.15, 0.2) is 50.4 Å². The van der Waals surface area contributed by atoms with Gasteiger partial charge in [0.05, 0.1) is 19.6 Å². The minimum Gasteiger partial charge on any atom is -0.502 e. The van der Waals surface area contributed by atoms with Crippen molar-refractivity contribution in [3.63, 3.8) is 0 Å². The maximum absolute atomic E-state index is 12.9. The summed E-state index contributed by atoms with van der Waals surface area (Å²) in [4.78, 5) is 39.6. The Morgan fingerprint density at radius 3 is 2.77 bits per heavy atom. The van der Waals surface area contributed by atoms with E-state index in [9.17, 15) is 19.5 Å². The molecule has 3 aliphatic heterocycles. The van der Waals surface area contributed by atoms with E-state index in [1.807, 2.05) is 10.6 Å². The molecule has 1 fully saturated rings. The largest absolute Gasteiger partial charge is 0.502 e. The van der Waals surface area contributed by atoms with Gasteiger partial charge in [-0.3, -0.25) is 19.3 Å². The van der Waals surface area contributed by atoms with Gasteiger partial charge >= 0.3 is 0 Å². The van der Waals surface area contributed by atoms with E-state index in [0.29, 0.717) is 67.3 Å². The Kier molecular flexibility index (Phi) is 6.75. The van der Waals surface area contributed by atoms with E-state index in [1.165, 1.54) is 13.2 Å². The van der Waals surface area contributed by atoms with E-state index in [1.54, 1.807) is 24.3 Å². The quantitative estimate of drug-likeness (QED) is 0.451. The average Bonchev–Trinajstić information content (AvgIpc) is 2.93. The number of nitrogens with two attached hydrogens (primary N) is 1. The van der Waals surface area contributed by atoms with Gasteiger partial charge in [-0.2, -0.15) is 0 Å². The molecule has 1 amide bonds. The number of carbonyl (C=O) groups excluding carboxylic acids is 1. The van der Waals surface area contributed by atoms with E-state index < -0.39 is 23.0 Å². The Morgan fingerprint density at radius 2 is 1.98 bits per heavy atom. The first-order valence-electron chi connectivity index (χ1n) is 13.3. The van der Waals surface area contributed by atoms with Gasteiger partial charge in [0.2, 0.25) is 22.8 Å². The lowest BCUT2D eigenvalue weighted by Gasteiger charge is -2.42. The van der Waals surface area contributed by atoms with Gasteiger partial charge in [-0.1, -0.05) is 6.07 Å². The van der Waals surface area contributed by atoms with Gasteiger partial charge in [-0.15, -0.1) is 0 Å². The number of amides is 1. The fourth-order valence-corrected chi connectivity index (χ4v) is 6.27. The summed E-state index contributed by atoms with van der Waals surface area (Å²) in [5.41, 5.74) is 6.55. The van der Waals surface area contributed by atoms with Gasteiger partial charge in [-0.25, -0.2) is 0 Å². The van der Waals surface area contributed by atoms with Gasteiger partial charge in [0.1, 0.15) is 19.0 Å². The third kappa shape index (κ3) is 4.81. The van der Waals surface area contributed by atoms with Crippen LogP contribution < -0.4 is 30.9 Å². The molecule has 0 radical (unpaired) electrons. The summed E-state index contributed by atoms with van der Waals surface area (Å²) in [5, 5.41) is 10.8. The Bertz CT molecular complexity index is 1560. The van der Waals surface area contributed by atoms with Gasteiger partial charge in [0, 0.05) is 49.8 Å². The number of aromatic hydroxyl groups is 1. The molecule has 0 unspecified atom stereocenters. The Hall–Kier alpha value is -4.25. The molecular weight excluding hydrogens is 518 g/mol. The van der Waals surface area contributed by atoms with Crippen molar-refractivity contribution in [3.8, 4) is 23.0 Å². The second kappa shape index (κ2) is 10.4. The fraction of sp³-hybridized carbons (Fsp3) is 0.414. The van der Waals surface area contributed by atoms with Crippen molar-refractivity contribution in [2.45, 2.75) is 37.8 Å². The second-order valence-electron chi connectivity index (χ2n) is 10.7. The molecule has 2 aromatic heterocycles. The molecule has 11 nitrogen and oxygen atoms in total. The molecule has 3 aromatic rings. The number of rotatable bonds is 7. The minimum atomic E-state index is -0.866. The average molecular weight is 550 g/mol. The van der Waals surface area contributed by atoms with Crippen molar-refractivity contribution in [2.24, 2.45) is 11.7 Å². The molecule has 0 aliphatic carbocycles. The van der Waals surface area contributed by atoms with Crippen LogP contribution in [0.25, 0.3) is 0 Å². The van der Waals surface area contributed by atoms with E-state index in [-0.39, 0.29) is 23.7 Å². The Balaban J connectivity index is 1.33. The summed E-state index contributed by atoms with van der Waals surface area (Å²) in [6.07, 6.45) is 0.777. The number of aromatic nitrogens is 1. The zero-order chi connectivity index (χ0) is 28.0. The molecule has 3 aliphatic rings. The summed E-state index contributed by atoms with van der Waals surface area (Å²) >= 11 is 0. The number of piperidine rings is 1. The van der Waals surface area contributed by atoms with Crippen LogP contribution in [0.4, 0.5) is 0 Å². The fourth-order valence-electron chi connectivity index (χ4n) is 6.27. The summed E-state index contributed by atoms with van der Waals surface area (Å²) in [6.45, 7) is 3.13. The Labute approximate surface area is 229 Å². The maximum Gasteiger partial charge on any atom is 0.250 e. The van der Waals surface area contributed by atoms with Crippen LogP contribution in [0.5, 0.6) is 23.0 Å². The topological polar surface area (TPSA) is 146 Å². The lowest BCUT2D eigenvalue weighted by molar-refractivity contribution is -0.118. The number of methoxy groups -OCH3 is 1. The van der Waals surface area contributed by atoms with E-state index in [2.05, 4.69) is 4.90 Å². The van der Waals surface area contributed by atoms with Crippen LogP contribution in [-0.2, 0) is 17.9 Å². The molecule has 3 N–H and O–H groups in total. The zero-order valence-corrected chi connectivity index (χ0v) is 22.1. The van der Waals surface area contributed by atoms with Gasteiger partial charge in [0.15, 0.2) is 17.3 Å². The number of fused-ring (bicyclic) bond motifs is 5. The number of hydrogen-bond donors (Lipinski definition) is 2. The van der Waals surface area contributed by atoms with Gasteiger partial charge in [-0.05, 0) is 36.1 Å². The lowest BCUT2D eigenvalue weighted by atomic mass is 9.83. The van der Waals surface area contributed by atoms with E-state index in [0.717, 1.165) is 18.7 Å². The summed E-state index contributed by atoms with van der Waals surface area (Å²) in [5.74, 6) is -0.0252. The highest BCUT2D eigenvalue weighted by molar-refractivity contribution is 5.75. The summed E-state index contributed by atoms with van der Waals surface area (Å²) < 4.78 is 24.9. The highest BCUT2D eigenvalue weighted by Gasteiger charge is 2.35. The third-order valence-corrected chi connectivity index (χ3v) is 7.91. The number of nitrogens with zero attached hydrogens (tertiary/aromatic N) is 2. The standard InChI is InChI=1S/C29H31N3O8/c1-37-23-8-17(9-24-29(23)39-6-5-38-24)20(11-25(30)34)28-27(36)22(33)10-19(40-28)15-31-12-16-7-18(14-31)21-3-2-4-26(35)32(21)13-16/h2-4,8-10,16,18,20,36H,5-7,11-15H2,1H3,(H2,30,34)/t16-,18+,20+/m1/s1. The van der Waals surface area contributed by atoms with Crippen LogP contribution in [-0.4, -0.2) is 53.9 Å². The number of pyridine rings is 1. The molecule has 5 heterocycles. The molecule has 0 saturated carbocycles. The second-order valence-corrected chi connectivity index (χ2v) is 10.7. The van der Waals surface area contributed by atoms with Crippen molar-refractivity contribution in [1.82, 2.24) is 9.47 Å². The van der Waals surface area contributed by atoms with Crippen molar-refractivity contribution >= 4 is 5.91 Å². The van der Waals surface area contributed by atoms with Crippen molar-refractivity contribution in [1.29, 1.82) is 0 Å². The number of primary amides is 1. The highest BCUT2D eigenvalue weighted by Crippen LogP contribution is 2.44. The molecule has 3 atom stereocenters. The monoisotopic (exact) mass is 549 g/mol. The van der Waals surface area contributed by atoms with Gasteiger partial charge < -0.3 is 34.0 Å². The number of carbonyl (C=O) groups is 1. The molecule has 2 bridgehead atoms. The number of ether oxygens (including phenoxy) is 3. The summed E-state index contributed by atoms with van der Waals surface area (Å²) in [7, 11) is 1.49. The first-order chi connectivity index (χ1) is 19.3. The van der Waals surface area contributed by atoms with Crippen LogP contribution in [0, 0.1) is 5.92 Å². The van der Waals surface area contributed by atoms with Gasteiger partial charge in [0.25, 0.3) is 5.56 Å². The van der Waals surface area contributed by atoms with Crippen molar-refractivity contribution < 1.29 is 28.5 Å². The predicted molar refractivity (Wildman–Crippen MR) is 143 cm³/mol. The van der Waals surface area contributed by atoms with Crippen LogP contribution in [0.2, 0.25) is 0 Å². The molecule has 6 rings (SSSR count). The van der Waals surface area contributed by atoms with Crippen molar-refractivity contribution in [3.05, 3.63) is 79.8 Å². The molecule has 210 valence electrons. The van der Waals surface area contributed by atoms with Crippen LogP contribution in [0.1, 0.15) is 47.5 Å². The van der Waals surface area contributed by atoms with E-state index in [4.69, 9.17) is 24.4 Å². The minimum absolute atomic E-state index is 0.0195. The Morgan fingerprint density at radius 1 is 1.15 bits per heavy atom. The maximum atomic E-state index is 12.9. The lowest BCUT2D eigenvalue weighted by Crippen LogP contribution is -2.46. The third-order valence-electron chi connectivity index (χ3n) is 7.91. The number of hydrogen-bond acceptors (Lipinski definition) is 9. The first kappa shape index (κ1) is 26.0. The smallest absolute Gasteiger partial charge is 0.250 e. The van der Waals surface area contributed by atoms with Crippen molar-refractivity contribution in [2.75, 3.05) is 33.4 Å². The molecule has 40 heavy (non-hydrogen) atoms. The van der Waals surface area contributed by atoms with E-state index >= 15 is 0 Å². The SMILES string of the molecule is COc1cc([C@H](CC(N)=O)c2oc(CN3C[C@H]4C[C@@H](C3)c3cccc(=O)n3C4)cc(=O)c2O)cc2c1OCCO2. The zero-order valence-electron chi connectivity index (χ0n) is 22.1. The number of likely N-dealkylation sites (tertiary alicyclic amines) is 1. The van der Waals surface area contributed by atoms with Crippen LogP contribution in [0.3, 0.4) is 0 Å². The number of benzene rings is 1. The predicted octanol–water partition coefficient (Wildman–Crippen LogP) is 1.91. The summed E-state index contributed by atoms with van der Waals surface area (Å²) in [6, 6.07) is 10.0. The molecule has 11 heteroatoms. The first-order valence-corrected chi connectivity index (χ1v) is 13.3. The van der Waals surface area contributed by atoms with Crippen LogP contribution >= 0.6 is 0 Å².